The lowest BCUT2D eigenvalue weighted by Crippen LogP contribution is -2.52. The van der Waals surface area contributed by atoms with E-state index < -0.39 is 0 Å². The Labute approximate surface area is 127 Å². The first-order valence-corrected chi connectivity index (χ1v) is 8.40. The summed E-state index contributed by atoms with van der Waals surface area (Å²) in [4.78, 5) is 18.6. The van der Waals surface area contributed by atoms with Gasteiger partial charge >= 0.3 is 0 Å². The minimum atomic E-state index is 0.102. The molecule has 1 aromatic rings. The van der Waals surface area contributed by atoms with Crippen LogP contribution in [0.2, 0.25) is 0 Å². The maximum absolute atomic E-state index is 12.2. The van der Waals surface area contributed by atoms with Gasteiger partial charge < -0.3 is 9.64 Å². The molecule has 1 saturated heterocycles. The number of hydrogen-bond acceptors (Lipinski definition) is 5. The number of likely N-dealkylation sites (tertiary alicyclic amines) is 1. The van der Waals surface area contributed by atoms with Crippen molar-refractivity contribution in [1.82, 2.24) is 4.90 Å². The third-order valence-corrected chi connectivity index (χ3v) is 5.66. The molecule has 0 aromatic heterocycles. The summed E-state index contributed by atoms with van der Waals surface area (Å²) in [5, 5.41) is 0.501. The van der Waals surface area contributed by atoms with Crippen LogP contribution >= 0.6 is 23.5 Å². The van der Waals surface area contributed by atoms with Gasteiger partial charge in [-0.3, -0.25) is 9.79 Å². The molecule has 3 rings (SSSR count). The van der Waals surface area contributed by atoms with Crippen LogP contribution in [-0.2, 0) is 0 Å². The molecule has 4 nitrogen and oxygen atoms in total. The molecule has 0 bridgehead atoms. The highest BCUT2D eigenvalue weighted by Crippen LogP contribution is 2.31. The van der Waals surface area contributed by atoms with E-state index in [1.807, 2.05) is 52.7 Å². The first-order valence-electron chi connectivity index (χ1n) is 6.53. The van der Waals surface area contributed by atoms with Crippen molar-refractivity contribution in [2.75, 3.05) is 32.5 Å². The molecule has 1 aromatic carbocycles. The molecule has 6 heteroatoms. The Hall–Kier alpha value is -1.14. The van der Waals surface area contributed by atoms with Crippen LogP contribution < -0.4 is 4.74 Å². The average molecular weight is 308 g/mol. The van der Waals surface area contributed by atoms with E-state index >= 15 is 0 Å². The molecule has 1 fully saturated rings. The molecular weight excluding hydrogens is 292 g/mol. The molecule has 0 atom stereocenters. The zero-order chi connectivity index (χ0) is 13.9. The topological polar surface area (TPSA) is 41.9 Å². The Kier molecular flexibility index (Phi) is 4.21. The van der Waals surface area contributed by atoms with Gasteiger partial charge in [0.2, 0.25) is 0 Å². The fraction of sp³-hybridized carbons (Fsp3) is 0.429. The van der Waals surface area contributed by atoms with Crippen molar-refractivity contribution < 1.29 is 9.53 Å². The third-order valence-electron chi connectivity index (χ3n) is 3.30. The quantitative estimate of drug-likeness (QED) is 0.859. The van der Waals surface area contributed by atoms with Gasteiger partial charge in [-0.2, -0.15) is 0 Å². The van der Waals surface area contributed by atoms with Crippen LogP contribution in [0.1, 0.15) is 10.4 Å². The minimum Gasteiger partial charge on any atom is -0.497 e. The number of carbonyl (C=O) groups excluding carboxylic acids is 1. The normalized spacial score (nSPS) is 18.6. The van der Waals surface area contributed by atoms with E-state index in [1.165, 1.54) is 4.38 Å². The van der Waals surface area contributed by atoms with Crippen LogP contribution in [0.3, 0.4) is 0 Å². The van der Waals surface area contributed by atoms with Gasteiger partial charge in [-0.25, -0.2) is 0 Å². The Morgan fingerprint density at radius 3 is 2.75 bits per heavy atom. The molecule has 2 aliphatic rings. The number of methoxy groups -OCH3 is 1. The highest BCUT2D eigenvalue weighted by Gasteiger charge is 2.33. The van der Waals surface area contributed by atoms with Crippen LogP contribution in [-0.4, -0.2) is 52.9 Å². The highest BCUT2D eigenvalue weighted by atomic mass is 32.2. The van der Waals surface area contributed by atoms with E-state index in [0.29, 0.717) is 5.25 Å². The highest BCUT2D eigenvalue weighted by molar-refractivity contribution is 8.39. The monoisotopic (exact) mass is 308 g/mol. The van der Waals surface area contributed by atoms with E-state index in [2.05, 4.69) is 4.99 Å². The Balaban J connectivity index is 1.52. The lowest BCUT2D eigenvalue weighted by Gasteiger charge is -2.38. The second kappa shape index (κ2) is 6.10. The molecule has 106 valence electrons. The summed E-state index contributed by atoms with van der Waals surface area (Å²) >= 11 is 3.64. The number of carbonyl (C=O) groups is 1. The van der Waals surface area contributed by atoms with Gasteiger partial charge in [-0.1, -0.05) is 23.5 Å². The predicted octanol–water partition coefficient (Wildman–Crippen LogP) is 2.36. The minimum absolute atomic E-state index is 0.102. The number of thioether (sulfide) groups is 2. The molecule has 0 radical (unpaired) electrons. The summed E-state index contributed by atoms with van der Waals surface area (Å²) in [6, 6.07) is 7.28. The zero-order valence-electron chi connectivity index (χ0n) is 11.2. The Morgan fingerprint density at radius 2 is 2.15 bits per heavy atom. The fourth-order valence-corrected chi connectivity index (χ4v) is 4.55. The summed E-state index contributed by atoms with van der Waals surface area (Å²) in [6.07, 6.45) is 0. The molecule has 0 unspecified atom stereocenters. The first-order chi connectivity index (χ1) is 9.76. The molecule has 2 aliphatic heterocycles. The first kappa shape index (κ1) is 13.8. The zero-order valence-corrected chi connectivity index (χ0v) is 12.9. The summed E-state index contributed by atoms with van der Waals surface area (Å²) in [7, 11) is 1.62. The number of amides is 1. The second-order valence-corrected chi connectivity index (χ2v) is 7.31. The van der Waals surface area contributed by atoms with Crippen LogP contribution in [0.5, 0.6) is 5.75 Å². The Bertz CT molecular complexity index is 524. The van der Waals surface area contributed by atoms with Crippen LogP contribution in [0, 0.1) is 0 Å². The number of ether oxygens (including phenoxy) is 1. The molecular formula is C14H16N2O2S2. The summed E-state index contributed by atoms with van der Waals surface area (Å²) in [5.41, 5.74) is 0.724. The van der Waals surface area contributed by atoms with E-state index in [0.717, 1.165) is 36.7 Å². The van der Waals surface area contributed by atoms with Crippen molar-refractivity contribution in [3.05, 3.63) is 29.8 Å². The molecule has 0 N–H and O–H groups in total. The van der Waals surface area contributed by atoms with Gasteiger partial charge in [-0.15, -0.1) is 0 Å². The standard InChI is InChI=1S/C14H16N2O2S2/c1-18-11-4-2-10(3-5-11)13(17)16-8-12(9-16)20-14-15-6-7-19-14/h2-5,12H,6-9H2,1H3. The second-order valence-electron chi connectivity index (χ2n) is 4.67. The number of rotatable bonds is 3. The predicted molar refractivity (Wildman–Crippen MR) is 85.0 cm³/mol. The van der Waals surface area contributed by atoms with E-state index in [-0.39, 0.29) is 5.91 Å². The van der Waals surface area contributed by atoms with Gasteiger partial charge in [0.1, 0.15) is 10.1 Å². The van der Waals surface area contributed by atoms with Crippen LogP contribution in [0.4, 0.5) is 0 Å². The van der Waals surface area contributed by atoms with Crippen molar-refractivity contribution in [2.45, 2.75) is 5.25 Å². The summed E-state index contributed by atoms with van der Waals surface area (Å²) in [6.45, 7) is 2.57. The van der Waals surface area contributed by atoms with Crippen molar-refractivity contribution >= 4 is 33.8 Å². The van der Waals surface area contributed by atoms with Crippen molar-refractivity contribution in [1.29, 1.82) is 0 Å². The average Bonchev–Trinajstić information content (AvgIpc) is 2.95. The largest absolute Gasteiger partial charge is 0.497 e. The number of hydrogen-bond donors (Lipinski definition) is 0. The summed E-state index contributed by atoms with van der Waals surface area (Å²) in [5.74, 6) is 1.98. The van der Waals surface area contributed by atoms with Crippen LogP contribution in [0.15, 0.2) is 29.3 Å². The molecule has 1 amide bonds. The third kappa shape index (κ3) is 2.96. The molecule has 0 aliphatic carbocycles. The van der Waals surface area contributed by atoms with E-state index in [9.17, 15) is 4.79 Å². The van der Waals surface area contributed by atoms with Gasteiger partial charge in [0.05, 0.1) is 13.7 Å². The van der Waals surface area contributed by atoms with Crippen LogP contribution in [0.25, 0.3) is 0 Å². The van der Waals surface area contributed by atoms with Gasteiger partial charge in [-0.05, 0) is 24.3 Å². The number of aliphatic imine (C=N–C) groups is 1. The van der Waals surface area contributed by atoms with Gasteiger partial charge in [0.15, 0.2) is 0 Å². The molecule has 0 saturated carbocycles. The van der Waals surface area contributed by atoms with Crippen molar-refractivity contribution in [3.63, 3.8) is 0 Å². The molecule has 20 heavy (non-hydrogen) atoms. The van der Waals surface area contributed by atoms with Crippen molar-refractivity contribution in [2.24, 2.45) is 4.99 Å². The Morgan fingerprint density at radius 1 is 1.40 bits per heavy atom. The van der Waals surface area contributed by atoms with Crippen molar-refractivity contribution in [3.8, 4) is 5.75 Å². The lowest BCUT2D eigenvalue weighted by atomic mass is 10.1. The number of nitrogens with zero attached hydrogens (tertiary/aromatic N) is 2. The fourth-order valence-electron chi connectivity index (χ4n) is 2.12. The maximum atomic E-state index is 12.2. The molecule has 2 heterocycles. The smallest absolute Gasteiger partial charge is 0.253 e. The lowest BCUT2D eigenvalue weighted by molar-refractivity contribution is 0.0664. The maximum Gasteiger partial charge on any atom is 0.253 e. The van der Waals surface area contributed by atoms with E-state index in [1.54, 1.807) is 7.11 Å². The van der Waals surface area contributed by atoms with Gasteiger partial charge in [0, 0.05) is 29.7 Å². The molecule has 0 spiro atoms. The SMILES string of the molecule is COc1ccc(C(=O)N2CC(SC3=NCCS3)C2)cc1. The summed E-state index contributed by atoms with van der Waals surface area (Å²) < 4.78 is 6.28. The van der Waals surface area contributed by atoms with E-state index in [4.69, 9.17) is 4.74 Å². The van der Waals surface area contributed by atoms with Gasteiger partial charge in [0.25, 0.3) is 5.91 Å². The number of benzene rings is 1.